The van der Waals surface area contributed by atoms with Crippen molar-refractivity contribution >= 4 is 3.87 Å². The van der Waals surface area contributed by atoms with Gasteiger partial charge in [0, 0.05) is 0 Å². The molecule has 12 heavy (non-hydrogen) atoms. The van der Waals surface area contributed by atoms with Crippen molar-refractivity contribution in [2.75, 3.05) is 0 Å². The van der Waals surface area contributed by atoms with E-state index in [0.29, 0.717) is 0 Å². The van der Waals surface area contributed by atoms with Gasteiger partial charge in [0.05, 0.1) is 0 Å². The van der Waals surface area contributed by atoms with Gasteiger partial charge >= 0.3 is 81.9 Å². The molecule has 0 saturated carbocycles. The quantitative estimate of drug-likeness (QED) is 0.627. The van der Waals surface area contributed by atoms with Crippen LogP contribution < -0.4 is 3.87 Å². The van der Waals surface area contributed by atoms with Crippen LogP contribution in [0.3, 0.4) is 0 Å². The zero-order chi connectivity index (χ0) is 8.23. The van der Waals surface area contributed by atoms with Gasteiger partial charge < -0.3 is 0 Å². The average molecular weight is 190 g/mol. The van der Waals surface area contributed by atoms with Gasteiger partial charge in [-0.05, 0) is 0 Å². The summed E-state index contributed by atoms with van der Waals surface area (Å²) in [7, 11) is 0. The Labute approximate surface area is 81.9 Å². The predicted octanol–water partition coefficient (Wildman–Crippen LogP) is 2.31. The molecule has 0 saturated heterocycles. The average Bonchev–Trinajstić information content (AvgIpc) is 2.59. The van der Waals surface area contributed by atoms with Crippen LogP contribution in [-0.2, 0) is 19.2 Å². The number of hydrogen-bond acceptors (Lipinski definition) is 0. The van der Waals surface area contributed by atoms with Crippen LogP contribution in [0.25, 0.3) is 0 Å². The van der Waals surface area contributed by atoms with E-state index < -0.39 is 0 Å². The Kier molecular flexibility index (Phi) is 2.60. The molecule has 1 aliphatic rings. The van der Waals surface area contributed by atoms with E-state index in [1.54, 1.807) is 3.87 Å². The second kappa shape index (κ2) is 3.88. The molecule has 0 spiro atoms. The molecule has 1 aromatic carbocycles. The maximum atomic E-state index is 2.30. The van der Waals surface area contributed by atoms with Gasteiger partial charge in [0.2, 0.25) is 0 Å². The van der Waals surface area contributed by atoms with E-state index in [9.17, 15) is 0 Å². The number of hydrogen-bond donors (Lipinski definition) is 0. The normalized spacial score (nSPS) is 15.3. The summed E-state index contributed by atoms with van der Waals surface area (Å²) in [5, 5.41) is 0. The van der Waals surface area contributed by atoms with Crippen molar-refractivity contribution in [2.45, 2.75) is 4.22 Å². The molecule has 58 valence electrons. The third kappa shape index (κ3) is 1.97. The van der Waals surface area contributed by atoms with Gasteiger partial charge in [0.1, 0.15) is 0 Å². The summed E-state index contributed by atoms with van der Waals surface area (Å²) < 4.78 is 2.28. The third-order valence-electron chi connectivity index (χ3n) is 1.86. The predicted molar refractivity (Wildman–Crippen MR) is 48.1 cm³/mol. The Morgan fingerprint density at radius 2 is 1.58 bits per heavy atom. The monoisotopic (exact) mass is 190 g/mol. The van der Waals surface area contributed by atoms with Crippen molar-refractivity contribution < 1.29 is 19.2 Å². The van der Waals surface area contributed by atoms with E-state index >= 15 is 0 Å². The number of allylic oxidation sites excluding steroid dienone is 4. The molecule has 0 aromatic heterocycles. The Hall–Kier alpha value is -0.586. The third-order valence-corrected chi connectivity index (χ3v) is 4.02. The molecule has 2 rings (SSSR count). The van der Waals surface area contributed by atoms with Crippen molar-refractivity contribution in [3.8, 4) is 0 Å². The first kappa shape index (κ1) is 8.03. The van der Waals surface area contributed by atoms with Gasteiger partial charge in [0.15, 0.2) is 0 Å². The fourth-order valence-corrected chi connectivity index (χ4v) is 3.10. The summed E-state index contributed by atoms with van der Waals surface area (Å²) >= 11 is 0.0156. The Bertz CT molecular complexity index is 286. The van der Waals surface area contributed by atoms with Crippen LogP contribution in [0.1, 0.15) is 0 Å². The molecule has 0 atom stereocenters. The van der Waals surface area contributed by atoms with E-state index in [1.807, 2.05) is 0 Å². The summed E-state index contributed by atoms with van der Waals surface area (Å²) in [5.41, 5.74) is 0. The van der Waals surface area contributed by atoms with E-state index in [4.69, 9.17) is 0 Å². The SMILES string of the molecule is C1=C[CH]([Ti][c]2ccccc2)C=C1. The van der Waals surface area contributed by atoms with Crippen molar-refractivity contribution in [1.82, 2.24) is 0 Å². The van der Waals surface area contributed by atoms with Crippen LogP contribution >= 0.6 is 0 Å². The molecule has 1 aliphatic carbocycles. The molecule has 1 heteroatoms. The van der Waals surface area contributed by atoms with Crippen molar-refractivity contribution in [1.29, 1.82) is 0 Å². The summed E-state index contributed by atoms with van der Waals surface area (Å²) in [6, 6.07) is 10.8. The standard InChI is InChI=1S/C6H5.C5H5.Ti/c1-2-4-6-5-3-1;1-2-4-5-3-1;/h1-5H;1-5H;. The number of benzene rings is 1. The van der Waals surface area contributed by atoms with Gasteiger partial charge in [-0.15, -0.1) is 0 Å². The van der Waals surface area contributed by atoms with Crippen LogP contribution in [-0.4, -0.2) is 0 Å². The summed E-state index contributed by atoms with van der Waals surface area (Å²) in [5.74, 6) is 0. The second-order valence-electron chi connectivity index (χ2n) is 2.81. The fourth-order valence-electron chi connectivity index (χ4n) is 1.25. The molecule has 0 heterocycles. The Morgan fingerprint density at radius 1 is 0.917 bits per heavy atom. The van der Waals surface area contributed by atoms with E-state index in [1.165, 1.54) is 0 Å². The summed E-state index contributed by atoms with van der Waals surface area (Å²) in [6.45, 7) is 0. The molecule has 0 amide bonds. The van der Waals surface area contributed by atoms with Gasteiger partial charge in [0.25, 0.3) is 0 Å². The van der Waals surface area contributed by atoms with Crippen molar-refractivity contribution in [3.63, 3.8) is 0 Å². The molecular weight excluding hydrogens is 180 g/mol. The second-order valence-corrected chi connectivity index (χ2v) is 5.20. The molecule has 0 N–H and O–H groups in total. The first-order chi connectivity index (χ1) is 5.95. The van der Waals surface area contributed by atoms with Crippen LogP contribution in [0.4, 0.5) is 0 Å². The minimum atomic E-state index is 0.0156. The van der Waals surface area contributed by atoms with Crippen LogP contribution in [0.5, 0.6) is 0 Å². The van der Waals surface area contributed by atoms with Crippen LogP contribution in [0.2, 0.25) is 4.22 Å². The first-order valence-electron chi connectivity index (χ1n) is 4.12. The summed E-state index contributed by atoms with van der Waals surface area (Å²) in [4.78, 5) is 0. The van der Waals surface area contributed by atoms with Crippen molar-refractivity contribution in [3.05, 3.63) is 54.6 Å². The zero-order valence-corrected chi connectivity index (χ0v) is 8.34. The number of rotatable bonds is 2. The molecule has 0 radical (unpaired) electrons. The minimum absolute atomic E-state index is 0.0156. The zero-order valence-electron chi connectivity index (χ0n) is 6.77. The molecular formula is C11H10Ti. The van der Waals surface area contributed by atoms with Crippen molar-refractivity contribution in [2.24, 2.45) is 0 Å². The van der Waals surface area contributed by atoms with Gasteiger partial charge in [-0.25, -0.2) is 0 Å². The van der Waals surface area contributed by atoms with Crippen LogP contribution in [0, 0.1) is 0 Å². The van der Waals surface area contributed by atoms with E-state index in [0.717, 1.165) is 4.22 Å². The Morgan fingerprint density at radius 3 is 2.25 bits per heavy atom. The topological polar surface area (TPSA) is 0 Å². The van der Waals surface area contributed by atoms with E-state index in [-0.39, 0.29) is 19.2 Å². The van der Waals surface area contributed by atoms with Gasteiger partial charge in [-0.2, -0.15) is 0 Å². The fraction of sp³-hybridized carbons (Fsp3) is 0.0909. The van der Waals surface area contributed by atoms with Gasteiger partial charge in [-0.1, -0.05) is 0 Å². The maximum absolute atomic E-state index is 2.30. The molecule has 0 aliphatic heterocycles. The Balaban J connectivity index is 2.04. The molecule has 0 nitrogen and oxygen atoms in total. The molecule has 0 unspecified atom stereocenters. The van der Waals surface area contributed by atoms with Crippen LogP contribution in [0.15, 0.2) is 54.6 Å². The molecule has 0 fully saturated rings. The first-order valence-corrected chi connectivity index (χ1v) is 5.80. The molecule has 1 aromatic rings. The van der Waals surface area contributed by atoms with Gasteiger partial charge in [-0.3, -0.25) is 0 Å². The summed E-state index contributed by atoms with van der Waals surface area (Å²) in [6.07, 6.45) is 8.90. The molecule has 0 bridgehead atoms. The van der Waals surface area contributed by atoms with E-state index in [2.05, 4.69) is 54.6 Å².